The third kappa shape index (κ3) is 11.8. The number of carbonyl (C=O) groups is 3. The summed E-state index contributed by atoms with van der Waals surface area (Å²) in [7, 11) is -3.60. The van der Waals surface area contributed by atoms with Gasteiger partial charge in [-0.3, -0.25) is 14.5 Å². The molecule has 1 saturated heterocycles. The van der Waals surface area contributed by atoms with Gasteiger partial charge in [-0.15, -0.1) is 11.8 Å². The maximum Gasteiger partial charge on any atom is 0.490 e. The molecule has 3 atom stereocenters. The number of halogens is 3. The molecule has 1 aromatic rings. The molecule has 0 radical (unpaired) electrons. The van der Waals surface area contributed by atoms with Crippen LogP contribution in [0.5, 0.6) is 0 Å². The first-order valence-corrected chi connectivity index (χ1v) is 15.8. The quantitative estimate of drug-likeness (QED) is 0.241. The number of nitrogens with one attached hydrogen (secondary N) is 1. The average Bonchev–Trinajstić information content (AvgIpc) is 2.94. The van der Waals surface area contributed by atoms with Crippen LogP contribution in [-0.2, 0) is 29.0 Å². The molecule has 0 aromatic heterocycles. The van der Waals surface area contributed by atoms with Crippen molar-refractivity contribution in [1.29, 1.82) is 5.26 Å². The number of hydrogen-bond acceptors (Lipinski definition) is 9. The second kappa shape index (κ2) is 16.7. The zero-order valence-corrected chi connectivity index (χ0v) is 24.5. The minimum Gasteiger partial charge on any atom is -0.475 e. The Balaban J connectivity index is 0.000000782. The van der Waals surface area contributed by atoms with Gasteiger partial charge in [-0.1, -0.05) is 12.8 Å². The Morgan fingerprint density at radius 1 is 1.17 bits per heavy atom. The first kappa shape index (κ1) is 35.3. The average molecular weight is 637 g/mol. The van der Waals surface area contributed by atoms with Crippen molar-refractivity contribution in [2.75, 3.05) is 45.1 Å². The largest absolute Gasteiger partial charge is 0.490 e. The SMILES string of the molecule is N#CCNC(=O)[C@H]1CCCC[C@@H]1CS(=O)(=O)c1ccc(SC(CCN2CCOCC2)C(N)=O)cc1.O=C(O)C(F)(F)F. The first-order chi connectivity index (χ1) is 19.7. The van der Waals surface area contributed by atoms with Gasteiger partial charge < -0.3 is 20.9 Å². The van der Waals surface area contributed by atoms with E-state index >= 15 is 0 Å². The van der Waals surface area contributed by atoms with E-state index in [0.29, 0.717) is 32.5 Å². The smallest absolute Gasteiger partial charge is 0.475 e. The lowest BCUT2D eigenvalue weighted by Gasteiger charge is -2.30. The molecule has 234 valence electrons. The van der Waals surface area contributed by atoms with Crippen LogP contribution in [0.2, 0.25) is 0 Å². The van der Waals surface area contributed by atoms with Crippen LogP contribution in [0.1, 0.15) is 32.1 Å². The second-order valence-electron chi connectivity index (χ2n) is 9.83. The third-order valence-electron chi connectivity index (χ3n) is 6.85. The normalized spacial score (nSPS) is 20.3. The maximum atomic E-state index is 13.1. The highest BCUT2D eigenvalue weighted by atomic mass is 32.2. The summed E-state index contributed by atoms with van der Waals surface area (Å²) < 4.78 is 63.3. The third-order valence-corrected chi connectivity index (χ3v) is 10.0. The molecule has 11 nitrogen and oxygen atoms in total. The minimum atomic E-state index is -5.08. The highest BCUT2D eigenvalue weighted by molar-refractivity contribution is 8.00. The van der Waals surface area contributed by atoms with Gasteiger partial charge >= 0.3 is 12.1 Å². The van der Waals surface area contributed by atoms with Crippen molar-refractivity contribution in [2.24, 2.45) is 17.6 Å². The Labute approximate surface area is 246 Å². The van der Waals surface area contributed by atoms with E-state index in [1.807, 2.05) is 6.07 Å². The summed E-state index contributed by atoms with van der Waals surface area (Å²) in [6.45, 7) is 3.73. The number of morpholine rings is 1. The molecule has 16 heteroatoms. The number of rotatable bonds is 11. The fraction of sp³-hybridized carbons (Fsp3) is 0.615. The molecule has 0 spiro atoms. The van der Waals surface area contributed by atoms with Gasteiger partial charge in [0.25, 0.3) is 0 Å². The lowest BCUT2D eigenvalue weighted by atomic mass is 9.80. The zero-order chi connectivity index (χ0) is 31.3. The highest BCUT2D eigenvalue weighted by Crippen LogP contribution is 2.33. The number of nitrogens with two attached hydrogens (primary N) is 1. The Morgan fingerprint density at radius 2 is 1.76 bits per heavy atom. The fourth-order valence-corrected chi connectivity index (χ4v) is 7.33. The molecule has 1 saturated carbocycles. The van der Waals surface area contributed by atoms with E-state index in [4.69, 9.17) is 25.6 Å². The number of benzene rings is 1. The monoisotopic (exact) mass is 636 g/mol. The standard InChI is InChI=1S/C24H34N4O5S2.C2HF3O2/c25-10-11-27-24(30)21-4-2-1-3-18(21)17-35(31,32)20-7-5-19(6-8-20)34-22(23(26)29)9-12-28-13-15-33-16-14-28;3-2(4,5)1(6)7/h5-8,18,21-22H,1-4,9,11-17H2,(H2,26,29)(H,27,30);(H,6,7)/t18-,21+,22?;/m1./s1. The zero-order valence-electron chi connectivity index (χ0n) is 22.8. The number of primary amides is 1. The van der Waals surface area contributed by atoms with Crippen molar-refractivity contribution in [2.45, 2.75) is 53.3 Å². The first-order valence-electron chi connectivity index (χ1n) is 13.3. The number of aliphatic carboxylic acids is 1. The highest BCUT2D eigenvalue weighted by Gasteiger charge is 2.38. The van der Waals surface area contributed by atoms with Gasteiger partial charge in [0.15, 0.2) is 9.84 Å². The van der Waals surface area contributed by atoms with Crippen molar-refractivity contribution in [3.05, 3.63) is 24.3 Å². The fourth-order valence-electron chi connectivity index (χ4n) is 4.66. The van der Waals surface area contributed by atoms with E-state index in [2.05, 4.69) is 10.2 Å². The molecule has 1 aromatic carbocycles. The van der Waals surface area contributed by atoms with Crippen LogP contribution in [-0.4, -0.2) is 92.8 Å². The van der Waals surface area contributed by atoms with Crippen molar-refractivity contribution in [3.8, 4) is 6.07 Å². The summed E-state index contributed by atoms with van der Waals surface area (Å²) >= 11 is 1.35. The van der Waals surface area contributed by atoms with Gasteiger partial charge in [0.1, 0.15) is 6.54 Å². The van der Waals surface area contributed by atoms with Gasteiger partial charge in [0.2, 0.25) is 11.8 Å². The molecule has 1 heterocycles. The van der Waals surface area contributed by atoms with E-state index in [0.717, 1.165) is 37.4 Å². The molecule has 0 bridgehead atoms. The Hall–Kier alpha value is -2.87. The number of amides is 2. The van der Waals surface area contributed by atoms with Crippen LogP contribution >= 0.6 is 11.8 Å². The number of thioether (sulfide) groups is 1. The van der Waals surface area contributed by atoms with Crippen LogP contribution in [0.15, 0.2) is 34.1 Å². The molecule has 2 amide bonds. The van der Waals surface area contributed by atoms with Gasteiger partial charge in [-0.2, -0.15) is 18.4 Å². The number of ether oxygens (including phenoxy) is 1. The minimum absolute atomic E-state index is 0.0767. The number of nitriles is 1. The van der Waals surface area contributed by atoms with Gasteiger partial charge in [-0.25, -0.2) is 13.2 Å². The van der Waals surface area contributed by atoms with Crippen LogP contribution in [0.3, 0.4) is 0 Å². The van der Waals surface area contributed by atoms with Crippen LogP contribution in [0, 0.1) is 23.2 Å². The lowest BCUT2D eigenvalue weighted by Crippen LogP contribution is -2.39. The Morgan fingerprint density at radius 3 is 2.31 bits per heavy atom. The predicted octanol–water partition coefficient (Wildman–Crippen LogP) is 2.21. The van der Waals surface area contributed by atoms with E-state index in [-0.39, 0.29) is 29.0 Å². The van der Waals surface area contributed by atoms with Crippen molar-refractivity contribution >= 4 is 39.4 Å². The van der Waals surface area contributed by atoms with E-state index in [1.54, 1.807) is 24.3 Å². The number of sulfone groups is 1. The van der Waals surface area contributed by atoms with E-state index in [9.17, 15) is 31.2 Å². The number of carboxylic acid groups (broad SMARTS) is 1. The lowest BCUT2D eigenvalue weighted by molar-refractivity contribution is -0.192. The molecule has 4 N–H and O–H groups in total. The topological polar surface area (TPSA) is 180 Å². The summed E-state index contributed by atoms with van der Waals surface area (Å²) in [5.74, 6) is -4.17. The number of hydrogen-bond donors (Lipinski definition) is 3. The number of carboxylic acids is 1. The predicted molar refractivity (Wildman–Crippen MR) is 147 cm³/mol. The summed E-state index contributed by atoms with van der Waals surface area (Å²) in [4.78, 5) is 36.5. The van der Waals surface area contributed by atoms with Gasteiger partial charge in [0, 0.05) is 23.9 Å². The van der Waals surface area contributed by atoms with Crippen molar-refractivity contribution < 1.29 is 45.8 Å². The molecule has 42 heavy (non-hydrogen) atoms. The number of alkyl halides is 3. The van der Waals surface area contributed by atoms with Gasteiger partial charge in [0.05, 0.1) is 35.2 Å². The molecule has 1 unspecified atom stereocenters. The Kier molecular flexibility index (Phi) is 14.0. The molecule has 3 rings (SSSR count). The van der Waals surface area contributed by atoms with E-state index < -0.39 is 39.1 Å². The van der Waals surface area contributed by atoms with Crippen molar-refractivity contribution in [1.82, 2.24) is 10.2 Å². The number of carbonyl (C=O) groups excluding carboxylic acids is 2. The summed E-state index contributed by atoms with van der Waals surface area (Å²) in [5.41, 5.74) is 5.62. The summed E-state index contributed by atoms with van der Waals surface area (Å²) in [6.07, 6.45) is -1.42. The van der Waals surface area contributed by atoms with Crippen molar-refractivity contribution in [3.63, 3.8) is 0 Å². The summed E-state index contributed by atoms with van der Waals surface area (Å²) in [5, 5.41) is 18.0. The molecule has 2 aliphatic rings. The molecular weight excluding hydrogens is 601 g/mol. The molecular formula is C26H35F3N4O7S2. The van der Waals surface area contributed by atoms with Crippen LogP contribution in [0.25, 0.3) is 0 Å². The molecule has 1 aliphatic carbocycles. The van der Waals surface area contributed by atoms with Crippen LogP contribution < -0.4 is 11.1 Å². The van der Waals surface area contributed by atoms with Gasteiger partial charge in [-0.05, 0) is 56.0 Å². The van der Waals surface area contributed by atoms with E-state index in [1.165, 1.54) is 11.8 Å². The molecule has 1 aliphatic heterocycles. The maximum absolute atomic E-state index is 13.1. The number of nitrogens with zero attached hydrogens (tertiary/aromatic N) is 2. The van der Waals surface area contributed by atoms with Crippen LogP contribution in [0.4, 0.5) is 13.2 Å². The second-order valence-corrected chi connectivity index (χ2v) is 13.1. The molecule has 2 fully saturated rings. The Bertz CT molecular complexity index is 1200. The summed E-state index contributed by atoms with van der Waals surface area (Å²) in [6, 6.07) is 8.43.